The molecule has 0 radical (unpaired) electrons. The molecule has 0 aliphatic rings. The van der Waals surface area contributed by atoms with E-state index in [-0.39, 0.29) is 53.3 Å². The number of carboxylic acid groups (broad SMARTS) is 1. The molecule has 3 rings (SSSR count). The molecule has 0 aromatic heterocycles. The van der Waals surface area contributed by atoms with Crippen molar-refractivity contribution in [3.05, 3.63) is 89.0 Å². The maximum atomic E-state index is 13.0. The number of benzene rings is 3. The number of nitrogens with two attached hydrogens (primary N) is 1. The van der Waals surface area contributed by atoms with E-state index in [1.807, 2.05) is 26.0 Å². The minimum Gasteiger partial charge on any atom is -0.480 e. The molecule has 9 nitrogen and oxygen atoms in total. The third-order valence-corrected chi connectivity index (χ3v) is 5.14. The van der Waals surface area contributed by atoms with Gasteiger partial charge < -0.3 is 26.2 Å². The van der Waals surface area contributed by atoms with Crippen LogP contribution in [0.25, 0.3) is 0 Å². The molecule has 11 heteroatoms. The molecule has 0 atom stereocenters. The Hall–Kier alpha value is -4.08. The fraction of sp³-hybridized carbons (Fsp3) is 0.154. The summed E-state index contributed by atoms with van der Waals surface area (Å²) in [5.74, 6) is -1.96. The number of hydrogen-bond donors (Lipinski definition) is 5. The number of aliphatic carboxylic acids is 1. The van der Waals surface area contributed by atoms with Crippen molar-refractivity contribution >= 4 is 59.8 Å². The van der Waals surface area contributed by atoms with Gasteiger partial charge in [-0.25, -0.2) is 4.79 Å². The number of amides is 2. The van der Waals surface area contributed by atoms with Crippen LogP contribution >= 0.6 is 24.8 Å². The zero-order valence-electron chi connectivity index (χ0n) is 20.1. The van der Waals surface area contributed by atoms with Crippen LogP contribution in [0, 0.1) is 5.41 Å². The highest BCUT2D eigenvalue weighted by Crippen LogP contribution is 2.34. The number of carboxylic acids is 1. The van der Waals surface area contributed by atoms with Crippen LogP contribution in [0.2, 0.25) is 0 Å². The Labute approximate surface area is 226 Å². The number of amidine groups is 1. The second-order valence-electron chi connectivity index (χ2n) is 8.04. The van der Waals surface area contributed by atoms with Crippen molar-refractivity contribution in [2.24, 2.45) is 5.73 Å². The summed E-state index contributed by atoms with van der Waals surface area (Å²) in [5.41, 5.74) is 7.92. The van der Waals surface area contributed by atoms with Gasteiger partial charge in [0.2, 0.25) is 0 Å². The molecule has 3 aromatic carbocycles. The Bertz CT molecular complexity index is 1280. The van der Waals surface area contributed by atoms with Crippen LogP contribution in [0.5, 0.6) is 5.75 Å². The van der Waals surface area contributed by atoms with Gasteiger partial charge in [-0.05, 0) is 47.9 Å². The highest BCUT2D eigenvalue weighted by molar-refractivity contribution is 6.11. The summed E-state index contributed by atoms with van der Waals surface area (Å²) in [6, 6.07) is 17.9. The first kappa shape index (κ1) is 31.0. The van der Waals surface area contributed by atoms with Gasteiger partial charge in [-0.1, -0.05) is 44.2 Å². The number of rotatable bonds is 9. The highest BCUT2D eigenvalue weighted by atomic mass is 35.5. The average molecular weight is 547 g/mol. The summed E-state index contributed by atoms with van der Waals surface area (Å²) in [5, 5.41) is 22.0. The molecule has 0 saturated heterocycles. The summed E-state index contributed by atoms with van der Waals surface area (Å²) < 4.78 is 5.35. The number of nitrogen functional groups attached to an aromatic ring is 1. The van der Waals surface area contributed by atoms with Crippen molar-refractivity contribution in [1.29, 1.82) is 5.41 Å². The molecule has 6 N–H and O–H groups in total. The second kappa shape index (κ2) is 13.9. The molecule has 0 aliphatic heterocycles. The number of nitrogens with one attached hydrogen (secondary N) is 3. The van der Waals surface area contributed by atoms with E-state index in [0.717, 1.165) is 5.56 Å². The predicted molar refractivity (Wildman–Crippen MR) is 148 cm³/mol. The third-order valence-electron chi connectivity index (χ3n) is 5.14. The molecule has 196 valence electrons. The number of hydrogen-bond acceptors (Lipinski definition) is 5. The van der Waals surface area contributed by atoms with Gasteiger partial charge in [0, 0.05) is 16.7 Å². The summed E-state index contributed by atoms with van der Waals surface area (Å²) >= 11 is 0. The van der Waals surface area contributed by atoms with Crippen molar-refractivity contribution in [3.63, 3.8) is 0 Å². The van der Waals surface area contributed by atoms with Crippen LogP contribution in [-0.2, 0) is 4.79 Å². The fourth-order valence-corrected chi connectivity index (χ4v) is 3.25. The summed E-state index contributed by atoms with van der Waals surface area (Å²) in [7, 11) is 0. The monoisotopic (exact) mass is 546 g/mol. The van der Waals surface area contributed by atoms with Crippen LogP contribution in [0.4, 0.5) is 11.4 Å². The van der Waals surface area contributed by atoms with Gasteiger partial charge in [-0.3, -0.25) is 15.0 Å². The average Bonchev–Trinajstić information content (AvgIpc) is 2.84. The lowest BCUT2D eigenvalue weighted by molar-refractivity contribution is -0.139. The number of ether oxygens (including phenoxy) is 1. The smallest absolute Gasteiger partial charge is 0.341 e. The molecule has 2 amide bonds. The van der Waals surface area contributed by atoms with E-state index in [2.05, 4.69) is 10.6 Å². The molecule has 3 aromatic rings. The number of para-hydroxylation sites is 1. The minimum atomic E-state index is -1.19. The number of carbonyl (C=O) groups excluding carboxylic acids is 2. The van der Waals surface area contributed by atoms with E-state index < -0.39 is 24.4 Å². The SMILES string of the molecule is CC(C)c1ccc(C(=O)Nc2c(NC(=O)c3cccc(C(=N)N)c3)cccc2OCC(=O)O)cc1.Cl.Cl. The highest BCUT2D eigenvalue weighted by Gasteiger charge is 2.18. The Balaban J connectivity index is 0.00000342. The number of carbonyl (C=O) groups is 3. The first-order valence-electron chi connectivity index (χ1n) is 10.8. The van der Waals surface area contributed by atoms with Crippen LogP contribution in [0.1, 0.15) is 51.6 Å². The second-order valence-corrected chi connectivity index (χ2v) is 8.04. The molecular weight excluding hydrogens is 519 g/mol. The largest absolute Gasteiger partial charge is 0.480 e. The molecule has 37 heavy (non-hydrogen) atoms. The van der Waals surface area contributed by atoms with Crippen LogP contribution < -0.4 is 21.1 Å². The summed E-state index contributed by atoms with van der Waals surface area (Å²) in [6.45, 7) is 3.46. The van der Waals surface area contributed by atoms with Crippen molar-refractivity contribution in [2.45, 2.75) is 19.8 Å². The van der Waals surface area contributed by atoms with Gasteiger partial charge >= 0.3 is 5.97 Å². The van der Waals surface area contributed by atoms with E-state index in [1.165, 1.54) is 12.1 Å². The summed E-state index contributed by atoms with van der Waals surface area (Å²) in [6.07, 6.45) is 0. The van der Waals surface area contributed by atoms with Crippen LogP contribution in [0.3, 0.4) is 0 Å². The number of halogens is 2. The van der Waals surface area contributed by atoms with Gasteiger partial charge in [0.15, 0.2) is 6.61 Å². The Morgan fingerprint density at radius 2 is 1.49 bits per heavy atom. The van der Waals surface area contributed by atoms with Gasteiger partial charge in [0.25, 0.3) is 11.8 Å². The molecule has 0 fully saturated rings. The third kappa shape index (κ3) is 8.23. The minimum absolute atomic E-state index is 0. The first-order valence-corrected chi connectivity index (χ1v) is 10.8. The van der Waals surface area contributed by atoms with Gasteiger partial charge in [-0.2, -0.15) is 0 Å². The lowest BCUT2D eigenvalue weighted by atomic mass is 10.0. The van der Waals surface area contributed by atoms with E-state index >= 15 is 0 Å². The molecule has 0 spiro atoms. The van der Waals surface area contributed by atoms with Gasteiger partial charge in [0.05, 0.1) is 5.69 Å². The topological polar surface area (TPSA) is 155 Å². The Morgan fingerprint density at radius 3 is 2.08 bits per heavy atom. The Morgan fingerprint density at radius 1 is 0.892 bits per heavy atom. The van der Waals surface area contributed by atoms with E-state index in [1.54, 1.807) is 42.5 Å². The van der Waals surface area contributed by atoms with Crippen molar-refractivity contribution < 1.29 is 24.2 Å². The molecular formula is C26H28Cl2N4O5. The van der Waals surface area contributed by atoms with Gasteiger partial charge in [0.1, 0.15) is 17.3 Å². The van der Waals surface area contributed by atoms with Crippen molar-refractivity contribution in [3.8, 4) is 5.75 Å². The standard InChI is InChI=1S/C26H26N4O5.2ClH/c1-15(2)16-9-11-17(12-10-16)25(33)30-23-20(7-4-8-21(23)35-14-22(31)32)29-26(34)19-6-3-5-18(13-19)24(27)28;;/h3-13,15H,14H2,1-2H3,(H3,27,28)(H,29,34)(H,30,33)(H,31,32);2*1H. The van der Waals surface area contributed by atoms with Crippen molar-refractivity contribution in [1.82, 2.24) is 0 Å². The molecule has 0 saturated carbocycles. The van der Waals surface area contributed by atoms with E-state index in [9.17, 15) is 14.4 Å². The summed E-state index contributed by atoms with van der Waals surface area (Å²) in [4.78, 5) is 36.9. The quantitative estimate of drug-likeness (QED) is 0.190. The zero-order valence-corrected chi connectivity index (χ0v) is 21.7. The molecule has 0 unspecified atom stereocenters. The molecule has 0 heterocycles. The van der Waals surface area contributed by atoms with E-state index in [4.69, 9.17) is 21.0 Å². The Kier molecular flexibility index (Phi) is 11.6. The lowest BCUT2D eigenvalue weighted by Crippen LogP contribution is -2.19. The van der Waals surface area contributed by atoms with Crippen LogP contribution in [0.15, 0.2) is 66.7 Å². The van der Waals surface area contributed by atoms with E-state index in [0.29, 0.717) is 17.0 Å². The fourth-order valence-electron chi connectivity index (χ4n) is 3.25. The normalized spacial score (nSPS) is 9.92. The molecule has 0 aliphatic carbocycles. The zero-order chi connectivity index (χ0) is 25.5. The van der Waals surface area contributed by atoms with Crippen LogP contribution in [-0.4, -0.2) is 35.3 Å². The van der Waals surface area contributed by atoms with Gasteiger partial charge in [-0.15, -0.1) is 24.8 Å². The number of anilines is 2. The predicted octanol–water partition coefficient (Wildman–Crippen LogP) is 4.91. The maximum absolute atomic E-state index is 13.0. The molecule has 0 bridgehead atoms. The lowest BCUT2D eigenvalue weighted by Gasteiger charge is -2.17. The van der Waals surface area contributed by atoms with Crippen molar-refractivity contribution in [2.75, 3.05) is 17.2 Å². The first-order chi connectivity index (χ1) is 16.7. The maximum Gasteiger partial charge on any atom is 0.341 e.